The second-order valence-corrected chi connectivity index (χ2v) is 3.89. The van der Waals surface area contributed by atoms with E-state index in [1.165, 1.54) is 6.92 Å². The Hall–Kier alpha value is -1.85. The first-order valence-electron chi connectivity index (χ1n) is 5.04. The van der Waals surface area contributed by atoms with Crippen molar-refractivity contribution in [2.24, 2.45) is 7.05 Å². The van der Waals surface area contributed by atoms with Crippen LogP contribution in [0.3, 0.4) is 0 Å². The van der Waals surface area contributed by atoms with Crippen molar-refractivity contribution in [1.29, 1.82) is 0 Å². The van der Waals surface area contributed by atoms with E-state index >= 15 is 0 Å². The summed E-state index contributed by atoms with van der Waals surface area (Å²) in [6.45, 7) is 2.46. The summed E-state index contributed by atoms with van der Waals surface area (Å²) in [5.41, 5.74) is 1.63. The molecule has 0 radical (unpaired) electrons. The number of fused-ring (bicyclic) bond motifs is 1. The molecule has 0 bridgehead atoms. The number of carbonyl (C=O) groups excluding carboxylic acids is 1. The molecule has 1 aromatic heterocycles. The number of hydrogen-bond acceptors (Lipinski definition) is 3. The highest BCUT2D eigenvalue weighted by Gasteiger charge is 2.27. The van der Waals surface area contributed by atoms with E-state index in [0.717, 1.165) is 5.69 Å². The molecule has 1 aromatic rings. The smallest absolute Gasteiger partial charge is 0.356 e. The summed E-state index contributed by atoms with van der Waals surface area (Å²) in [6.07, 6.45) is 0.658. The number of hydrogen-bond donors (Lipinski definition) is 1. The largest absolute Gasteiger partial charge is 0.476 e. The Morgan fingerprint density at radius 1 is 1.44 bits per heavy atom. The van der Waals surface area contributed by atoms with Crippen molar-refractivity contribution in [3.63, 3.8) is 0 Å². The Bertz CT molecular complexity index is 464. The zero-order valence-corrected chi connectivity index (χ0v) is 9.23. The molecule has 1 amide bonds. The van der Waals surface area contributed by atoms with E-state index < -0.39 is 5.97 Å². The number of carbonyl (C=O) groups is 2. The van der Waals surface area contributed by atoms with Gasteiger partial charge in [0.15, 0.2) is 5.69 Å². The summed E-state index contributed by atoms with van der Waals surface area (Å²) in [7, 11) is 1.73. The third-order valence-corrected chi connectivity index (χ3v) is 2.89. The number of aryl methyl sites for hydroxylation is 1. The SMILES string of the molecule is CC(=O)N1CCc2c(c(C(=O)O)nn2C)C1. The van der Waals surface area contributed by atoms with Gasteiger partial charge in [0.05, 0.1) is 0 Å². The Morgan fingerprint density at radius 3 is 2.69 bits per heavy atom. The van der Waals surface area contributed by atoms with E-state index in [2.05, 4.69) is 5.10 Å². The van der Waals surface area contributed by atoms with Crippen LogP contribution in [0.2, 0.25) is 0 Å². The summed E-state index contributed by atoms with van der Waals surface area (Å²) in [6, 6.07) is 0. The fourth-order valence-electron chi connectivity index (χ4n) is 2.03. The lowest BCUT2D eigenvalue weighted by Gasteiger charge is -2.26. The second-order valence-electron chi connectivity index (χ2n) is 3.89. The number of nitrogens with zero attached hydrogens (tertiary/aromatic N) is 3. The fraction of sp³-hybridized carbons (Fsp3) is 0.500. The predicted octanol–water partition coefficient (Wildman–Crippen LogP) is 0.0229. The Morgan fingerprint density at radius 2 is 2.12 bits per heavy atom. The molecular formula is C10H13N3O3. The van der Waals surface area contributed by atoms with Crippen molar-refractivity contribution in [2.75, 3.05) is 6.54 Å². The van der Waals surface area contributed by atoms with E-state index in [-0.39, 0.29) is 11.6 Å². The number of aromatic nitrogens is 2. The zero-order chi connectivity index (χ0) is 11.9. The molecule has 1 aliphatic rings. The molecule has 86 valence electrons. The van der Waals surface area contributed by atoms with Crippen LogP contribution in [0.4, 0.5) is 0 Å². The van der Waals surface area contributed by atoms with Gasteiger partial charge in [0.1, 0.15) is 0 Å². The lowest BCUT2D eigenvalue weighted by molar-refractivity contribution is -0.129. The van der Waals surface area contributed by atoms with Gasteiger partial charge in [-0.25, -0.2) is 4.79 Å². The van der Waals surface area contributed by atoms with Crippen molar-refractivity contribution < 1.29 is 14.7 Å². The number of carboxylic acids is 1. The maximum atomic E-state index is 11.2. The summed E-state index contributed by atoms with van der Waals surface area (Å²) in [5, 5.41) is 13.0. The Kier molecular flexibility index (Phi) is 2.41. The first kappa shape index (κ1) is 10.7. The van der Waals surface area contributed by atoms with Crippen LogP contribution in [0.25, 0.3) is 0 Å². The minimum atomic E-state index is -1.04. The predicted molar refractivity (Wildman–Crippen MR) is 55.0 cm³/mol. The number of carboxylic acid groups (broad SMARTS) is 1. The van der Waals surface area contributed by atoms with Crippen molar-refractivity contribution in [2.45, 2.75) is 19.9 Å². The minimum absolute atomic E-state index is 0.0363. The molecular weight excluding hydrogens is 210 g/mol. The molecule has 0 unspecified atom stereocenters. The molecule has 0 saturated carbocycles. The molecule has 6 nitrogen and oxygen atoms in total. The van der Waals surface area contributed by atoms with Crippen LogP contribution >= 0.6 is 0 Å². The highest BCUT2D eigenvalue weighted by atomic mass is 16.4. The highest BCUT2D eigenvalue weighted by molar-refractivity contribution is 5.87. The lowest BCUT2D eigenvalue weighted by Crippen LogP contribution is -2.35. The molecule has 16 heavy (non-hydrogen) atoms. The second kappa shape index (κ2) is 3.62. The monoisotopic (exact) mass is 223 g/mol. The van der Waals surface area contributed by atoms with Crippen LogP contribution in [0.15, 0.2) is 0 Å². The molecule has 1 N–H and O–H groups in total. The van der Waals surface area contributed by atoms with Gasteiger partial charge in [-0.1, -0.05) is 0 Å². The van der Waals surface area contributed by atoms with Crippen LogP contribution in [-0.4, -0.2) is 38.2 Å². The van der Waals surface area contributed by atoms with Gasteiger partial charge in [0.2, 0.25) is 5.91 Å². The van der Waals surface area contributed by atoms with E-state index in [1.807, 2.05) is 0 Å². The van der Waals surface area contributed by atoms with Crippen LogP contribution in [0, 0.1) is 0 Å². The number of aromatic carboxylic acids is 1. The van der Waals surface area contributed by atoms with Gasteiger partial charge in [-0.05, 0) is 0 Å². The topological polar surface area (TPSA) is 75.4 Å². The summed E-state index contributed by atoms with van der Waals surface area (Å²) < 4.78 is 1.59. The van der Waals surface area contributed by atoms with E-state index in [0.29, 0.717) is 25.1 Å². The van der Waals surface area contributed by atoms with Crippen molar-refractivity contribution in [3.05, 3.63) is 17.0 Å². The maximum Gasteiger partial charge on any atom is 0.356 e. The first-order valence-corrected chi connectivity index (χ1v) is 5.04. The normalized spacial score (nSPS) is 14.8. The molecule has 0 saturated heterocycles. The third-order valence-electron chi connectivity index (χ3n) is 2.89. The Labute approximate surface area is 92.5 Å². The summed E-state index contributed by atoms with van der Waals surface area (Å²) in [4.78, 5) is 23.9. The lowest BCUT2D eigenvalue weighted by atomic mass is 10.1. The van der Waals surface area contributed by atoms with Crippen LogP contribution in [0.1, 0.15) is 28.7 Å². The average Bonchev–Trinajstić information content (AvgIpc) is 2.56. The van der Waals surface area contributed by atoms with E-state index in [9.17, 15) is 9.59 Å². The number of amides is 1. The van der Waals surface area contributed by atoms with Crippen molar-refractivity contribution in [1.82, 2.24) is 14.7 Å². The summed E-state index contributed by atoms with van der Waals surface area (Å²) >= 11 is 0. The minimum Gasteiger partial charge on any atom is -0.476 e. The van der Waals surface area contributed by atoms with Gasteiger partial charge in [-0.15, -0.1) is 0 Å². The maximum absolute atomic E-state index is 11.2. The molecule has 0 aromatic carbocycles. The molecule has 2 rings (SSSR count). The van der Waals surface area contributed by atoms with Crippen LogP contribution in [-0.2, 0) is 24.8 Å². The molecule has 0 aliphatic carbocycles. The van der Waals surface area contributed by atoms with Crippen LogP contribution in [0.5, 0.6) is 0 Å². The fourth-order valence-corrected chi connectivity index (χ4v) is 2.03. The highest BCUT2D eigenvalue weighted by Crippen LogP contribution is 2.22. The number of rotatable bonds is 1. The van der Waals surface area contributed by atoms with E-state index in [4.69, 9.17) is 5.11 Å². The third kappa shape index (κ3) is 1.56. The van der Waals surface area contributed by atoms with E-state index in [1.54, 1.807) is 16.6 Å². The van der Waals surface area contributed by atoms with Crippen molar-refractivity contribution >= 4 is 11.9 Å². The van der Waals surface area contributed by atoms with Gasteiger partial charge in [-0.2, -0.15) is 5.10 Å². The van der Waals surface area contributed by atoms with Crippen molar-refractivity contribution in [3.8, 4) is 0 Å². The molecule has 1 aliphatic heterocycles. The molecule has 6 heteroatoms. The summed E-state index contributed by atoms with van der Waals surface area (Å²) in [5.74, 6) is -1.08. The van der Waals surface area contributed by atoms with Gasteiger partial charge in [0, 0.05) is 44.7 Å². The molecule has 2 heterocycles. The standard InChI is InChI=1S/C10H13N3O3/c1-6(14)13-4-3-8-7(5-13)9(10(15)16)11-12(8)2/h3-5H2,1-2H3,(H,15,16). The molecule has 0 spiro atoms. The van der Waals surface area contributed by atoms with Gasteiger partial charge in [-0.3, -0.25) is 9.48 Å². The molecule has 0 fully saturated rings. The van der Waals surface area contributed by atoms with Gasteiger partial charge in [0.25, 0.3) is 0 Å². The van der Waals surface area contributed by atoms with Gasteiger partial charge >= 0.3 is 5.97 Å². The molecule has 0 atom stereocenters. The zero-order valence-electron chi connectivity index (χ0n) is 9.23. The first-order chi connectivity index (χ1) is 7.50. The quantitative estimate of drug-likeness (QED) is 0.728. The van der Waals surface area contributed by atoms with Gasteiger partial charge < -0.3 is 10.0 Å². The average molecular weight is 223 g/mol. The van der Waals surface area contributed by atoms with Crippen LogP contribution < -0.4 is 0 Å². The Balaban J connectivity index is 2.42.